The van der Waals surface area contributed by atoms with Crippen molar-refractivity contribution in [1.82, 2.24) is 0 Å². The topological polar surface area (TPSA) is 17.1 Å². The van der Waals surface area contributed by atoms with Gasteiger partial charge in [0.25, 0.3) is 0 Å². The van der Waals surface area contributed by atoms with Crippen LogP contribution in [-0.2, 0) is 4.79 Å². The Hall–Kier alpha value is -0.330. The molecule has 0 N–H and O–H groups in total. The van der Waals surface area contributed by atoms with E-state index in [1.807, 2.05) is 0 Å². The van der Waals surface area contributed by atoms with Gasteiger partial charge in [0.1, 0.15) is 5.78 Å². The lowest BCUT2D eigenvalue weighted by atomic mass is 10.3. The first-order valence-electron chi connectivity index (χ1n) is 1.92. The second kappa shape index (κ2) is 2.88. The summed E-state index contributed by atoms with van der Waals surface area (Å²) in [6.07, 6.45) is 1.91. The summed E-state index contributed by atoms with van der Waals surface area (Å²) in [4.78, 5) is 10.1. The number of hydrogen-bond acceptors (Lipinski definition) is 1. The average molecular weight is 84.1 g/mol. The number of hydrogen-bond donors (Lipinski definition) is 0. The summed E-state index contributed by atoms with van der Waals surface area (Å²) >= 11 is 0. The highest BCUT2D eigenvalue weighted by Gasteiger charge is 1.87. The second-order valence-corrected chi connectivity index (χ2v) is 1.00. The summed E-state index contributed by atoms with van der Waals surface area (Å²) < 4.78 is 0. The molecule has 0 bridgehead atoms. The van der Waals surface area contributed by atoms with E-state index in [1.165, 1.54) is 6.42 Å². The van der Waals surface area contributed by atoms with E-state index in [0.717, 1.165) is 0 Å². The molecule has 1 heteroatoms. The van der Waals surface area contributed by atoms with Crippen LogP contribution >= 0.6 is 0 Å². The molecular weight excluding hydrogens is 76.1 g/mol. The zero-order valence-corrected chi connectivity index (χ0v) is 3.90. The van der Waals surface area contributed by atoms with Gasteiger partial charge in [0.05, 0.1) is 0 Å². The third-order valence-corrected chi connectivity index (χ3v) is 0.568. The zero-order chi connectivity index (χ0) is 4.99. The molecule has 1 nitrogen and oxygen atoms in total. The normalized spacial score (nSPS) is 8.33. The smallest absolute Gasteiger partial charge is 0.136 e. The molecule has 0 aromatic carbocycles. The van der Waals surface area contributed by atoms with Crippen molar-refractivity contribution in [2.75, 3.05) is 0 Å². The highest BCUT2D eigenvalue weighted by molar-refractivity contribution is 5.86. The summed E-state index contributed by atoms with van der Waals surface area (Å²) in [6, 6.07) is 0. The van der Waals surface area contributed by atoms with E-state index >= 15 is 0 Å². The highest BCUT2D eigenvalue weighted by Crippen LogP contribution is 1.80. The summed E-state index contributed by atoms with van der Waals surface area (Å²) in [7, 11) is 0. The Bertz CT molecular complexity index is 41.9. The molecule has 0 amide bonds. The van der Waals surface area contributed by atoms with Gasteiger partial charge >= 0.3 is 0 Å². The molecule has 0 fully saturated rings. The van der Waals surface area contributed by atoms with Crippen LogP contribution in [-0.4, -0.2) is 5.78 Å². The van der Waals surface area contributed by atoms with E-state index in [2.05, 4.69) is 6.92 Å². The standard InChI is InChI=1S/C5H8O/c1-3-5(6)4-2/h4H,1,3H2,2H3. The van der Waals surface area contributed by atoms with E-state index in [9.17, 15) is 4.79 Å². The fraction of sp³-hybridized carbons (Fsp3) is 0.400. The minimum atomic E-state index is 0.106. The van der Waals surface area contributed by atoms with Crippen LogP contribution in [0.15, 0.2) is 0 Å². The minimum Gasteiger partial charge on any atom is -0.299 e. The van der Waals surface area contributed by atoms with Crippen molar-refractivity contribution in [2.24, 2.45) is 0 Å². The lowest BCUT2D eigenvalue weighted by Gasteiger charge is -1.80. The Kier molecular flexibility index (Phi) is 2.73. The van der Waals surface area contributed by atoms with E-state index in [0.29, 0.717) is 6.42 Å². The molecular formula is C5H8O. The van der Waals surface area contributed by atoms with Gasteiger partial charge in [-0.1, -0.05) is 6.92 Å². The van der Waals surface area contributed by atoms with E-state index in [4.69, 9.17) is 0 Å². The predicted octanol–water partition coefficient (Wildman–Crippen LogP) is 1.00. The van der Waals surface area contributed by atoms with E-state index in [-0.39, 0.29) is 5.78 Å². The third-order valence-electron chi connectivity index (χ3n) is 0.568. The third kappa shape index (κ3) is 1.94. The Labute approximate surface area is 38.4 Å². The van der Waals surface area contributed by atoms with Crippen LogP contribution < -0.4 is 0 Å². The first-order valence-corrected chi connectivity index (χ1v) is 1.92. The molecule has 0 atom stereocenters. The summed E-state index contributed by atoms with van der Waals surface area (Å²) in [5, 5.41) is 0. The van der Waals surface area contributed by atoms with Gasteiger partial charge in [0.2, 0.25) is 0 Å². The first kappa shape index (κ1) is 5.67. The van der Waals surface area contributed by atoms with Gasteiger partial charge in [-0.05, 0) is 6.92 Å². The SMILES string of the molecule is [CH2]CC(=O)[CH]C. The lowest BCUT2D eigenvalue weighted by Crippen LogP contribution is -1.89. The Balaban J connectivity index is 2.99. The Morgan fingerprint density at radius 2 is 2.50 bits per heavy atom. The fourth-order valence-corrected chi connectivity index (χ4v) is 0.144. The number of ketones is 1. The Morgan fingerprint density at radius 1 is 2.00 bits per heavy atom. The molecule has 0 rings (SSSR count). The van der Waals surface area contributed by atoms with Crippen LogP contribution in [0, 0.1) is 13.3 Å². The summed E-state index contributed by atoms with van der Waals surface area (Å²) in [5.41, 5.74) is 0. The Morgan fingerprint density at radius 3 is 2.50 bits per heavy atom. The lowest BCUT2D eigenvalue weighted by molar-refractivity contribution is -0.115. The van der Waals surface area contributed by atoms with Crippen molar-refractivity contribution in [3.8, 4) is 0 Å². The molecule has 2 radical (unpaired) electrons. The maximum Gasteiger partial charge on any atom is 0.136 e. The highest BCUT2D eigenvalue weighted by atomic mass is 16.1. The molecule has 0 saturated heterocycles. The summed E-state index contributed by atoms with van der Waals surface area (Å²) in [5.74, 6) is 0.106. The predicted molar refractivity (Wildman–Crippen MR) is 25.0 cm³/mol. The molecule has 6 heavy (non-hydrogen) atoms. The van der Waals surface area contributed by atoms with Crippen molar-refractivity contribution >= 4 is 5.78 Å². The largest absolute Gasteiger partial charge is 0.299 e. The average Bonchev–Trinajstić information content (AvgIpc) is 1.65. The number of carbonyl (C=O) groups excluding carboxylic acids is 1. The van der Waals surface area contributed by atoms with Gasteiger partial charge in [-0.2, -0.15) is 0 Å². The molecule has 0 aromatic rings. The van der Waals surface area contributed by atoms with Gasteiger partial charge in [0, 0.05) is 12.8 Å². The molecule has 0 heterocycles. The molecule has 0 aliphatic heterocycles. The molecule has 0 aliphatic carbocycles. The number of rotatable bonds is 2. The zero-order valence-electron chi connectivity index (χ0n) is 3.90. The maximum absolute atomic E-state index is 10.1. The molecule has 0 aliphatic rings. The minimum absolute atomic E-state index is 0.106. The van der Waals surface area contributed by atoms with Gasteiger partial charge in [-0.25, -0.2) is 0 Å². The van der Waals surface area contributed by atoms with Crippen molar-refractivity contribution in [3.05, 3.63) is 13.3 Å². The number of Topliss-reactive ketones (excluding diaryl/α,β-unsaturated/α-hetero) is 1. The monoisotopic (exact) mass is 84.1 g/mol. The molecule has 34 valence electrons. The van der Waals surface area contributed by atoms with Gasteiger partial charge in [-0.15, -0.1) is 0 Å². The number of carbonyl (C=O) groups is 1. The molecule has 0 saturated carbocycles. The molecule has 0 spiro atoms. The van der Waals surface area contributed by atoms with Crippen LogP contribution in [0.5, 0.6) is 0 Å². The fourth-order valence-electron chi connectivity index (χ4n) is 0.144. The quantitative estimate of drug-likeness (QED) is 0.488. The van der Waals surface area contributed by atoms with Crippen molar-refractivity contribution < 1.29 is 4.79 Å². The van der Waals surface area contributed by atoms with Crippen LogP contribution in [0.1, 0.15) is 13.3 Å². The second-order valence-electron chi connectivity index (χ2n) is 1.00. The molecule has 0 unspecified atom stereocenters. The van der Waals surface area contributed by atoms with Gasteiger partial charge in [-0.3, -0.25) is 4.79 Å². The van der Waals surface area contributed by atoms with Crippen molar-refractivity contribution in [2.45, 2.75) is 13.3 Å². The van der Waals surface area contributed by atoms with Crippen molar-refractivity contribution in [3.63, 3.8) is 0 Å². The first-order chi connectivity index (χ1) is 2.81. The van der Waals surface area contributed by atoms with Crippen LogP contribution in [0.3, 0.4) is 0 Å². The van der Waals surface area contributed by atoms with Crippen LogP contribution in [0.4, 0.5) is 0 Å². The maximum atomic E-state index is 10.1. The van der Waals surface area contributed by atoms with Gasteiger partial charge in [0.15, 0.2) is 0 Å². The summed E-state index contributed by atoms with van der Waals surface area (Å²) in [6.45, 7) is 5.09. The van der Waals surface area contributed by atoms with Crippen molar-refractivity contribution in [1.29, 1.82) is 0 Å². The van der Waals surface area contributed by atoms with Crippen LogP contribution in [0.25, 0.3) is 0 Å². The van der Waals surface area contributed by atoms with E-state index < -0.39 is 0 Å². The van der Waals surface area contributed by atoms with E-state index in [1.54, 1.807) is 6.92 Å². The molecule has 0 aromatic heterocycles. The van der Waals surface area contributed by atoms with Gasteiger partial charge < -0.3 is 0 Å². The van der Waals surface area contributed by atoms with Crippen LogP contribution in [0.2, 0.25) is 0 Å².